The summed E-state index contributed by atoms with van der Waals surface area (Å²) < 4.78 is 0. The van der Waals surface area contributed by atoms with Gasteiger partial charge in [-0.15, -0.1) is 0 Å². The first-order valence-electron chi connectivity index (χ1n) is 6.47. The average molecular weight is 298 g/mol. The SMILES string of the molecule is CCCCCC(=O)O.OC[C@@H](O)[C@@H](O)[C@H](O)[C@@H](O)CO. The molecule has 0 unspecified atom stereocenters. The third kappa shape index (κ3) is 11.1. The van der Waals surface area contributed by atoms with Crippen LogP contribution in [-0.2, 0) is 4.79 Å². The average Bonchev–Trinajstić information content (AvgIpc) is 2.44. The van der Waals surface area contributed by atoms with Crippen molar-refractivity contribution in [2.45, 2.75) is 57.0 Å². The summed E-state index contributed by atoms with van der Waals surface area (Å²) in [5, 5.41) is 60.3. The molecule has 7 N–H and O–H groups in total. The number of unbranched alkanes of at least 4 members (excludes halogenated alkanes) is 2. The van der Waals surface area contributed by atoms with Gasteiger partial charge in [-0.2, -0.15) is 0 Å². The summed E-state index contributed by atoms with van der Waals surface area (Å²) in [5.74, 6) is -0.682. The predicted molar refractivity (Wildman–Crippen MR) is 70.0 cm³/mol. The third-order valence-corrected chi connectivity index (χ3v) is 2.51. The van der Waals surface area contributed by atoms with Crippen molar-refractivity contribution in [1.29, 1.82) is 0 Å². The van der Waals surface area contributed by atoms with Crippen LogP contribution in [0.15, 0.2) is 0 Å². The second-order valence-electron chi connectivity index (χ2n) is 4.33. The van der Waals surface area contributed by atoms with E-state index in [1.54, 1.807) is 0 Å². The molecule has 122 valence electrons. The van der Waals surface area contributed by atoms with Gasteiger partial charge in [-0.25, -0.2) is 0 Å². The number of aliphatic hydroxyl groups excluding tert-OH is 6. The number of aliphatic hydroxyl groups is 6. The number of hydrogen-bond acceptors (Lipinski definition) is 7. The van der Waals surface area contributed by atoms with Gasteiger partial charge in [0.15, 0.2) is 0 Å². The highest BCUT2D eigenvalue weighted by molar-refractivity contribution is 5.66. The van der Waals surface area contributed by atoms with Crippen LogP contribution in [0.1, 0.15) is 32.6 Å². The van der Waals surface area contributed by atoms with Crippen molar-refractivity contribution in [3.63, 3.8) is 0 Å². The third-order valence-electron chi connectivity index (χ3n) is 2.51. The molecule has 0 heterocycles. The molecular weight excluding hydrogens is 272 g/mol. The van der Waals surface area contributed by atoms with Crippen molar-refractivity contribution in [2.24, 2.45) is 0 Å². The Hall–Kier alpha value is -0.770. The van der Waals surface area contributed by atoms with Crippen LogP contribution in [-0.4, -0.2) is 79.3 Å². The zero-order valence-corrected chi connectivity index (χ0v) is 11.6. The normalized spacial score (nSPS) is 16.6. The van der Waals surface area contributed by atoms with Gasteiger partial charge in [-0.05, 0) is 6.42 Å². The van der Waals surface area contributed by atoms with E-state index < -0.39 is 43.6 Å². The molecule has 0 aliphatic carbocycles. The molecule has 0 rings (SSSR count). The molecule has 20 heavy (non-hydrogen) atoms. The fraction of sp³-hybridized carbons (Fsp3) is 0.917. The lowest BCUT2D eigenvalue weighted by Crippen LogP contribution is -2.46. The van der Waals surface area contributed by atoms with Crippen LogP contribution >= 0.6 is 0 Å². The van der Waals surface area contributed by atoms with Gasteiger partial charge >= 0.3 is 5.97 Å². The summed E-state index contributed by atoms with van der Waals surface area (Å²) >= 11 is 0. The summed E-state index contributed by atoms with van der Waals surface area (Å²) in [4.78, 5) is 9.87. The molecule has 0 saturated heterocycles. The van der Waals surface area contributed by atoms with Gasteiger partial charge in [0.2, 0.25) is 0 Å². The number of carbonyl (C=O) groups is 1. The minimum atomic E-state index is -1.67. The van der Waals surface area contributed by atoms with E-state index in [1.165, 1.54) is 0 Å². The Morgan fingerprint density at radius 2 is 1.30 bits per heavy atom. The van der Waals surface area contributed by atoms with Crippen molar-refractivity contribution >= 4 is 5.97 Å². The molecule has 0 spiro atoms. The Morgan fingerprint density at radius 3 is 1.55 bits per heavy atom. The molecule has 0 radical (unpaired) electrons. The van der Waals surface area contributed by atoms with Gasteiger partial charge in [0.1, 0.15) is 24.4 Å². The zero-order valence-electron chi connectivity index (χ0n) is 11.6. The summed E-state index contributed by atoms with van der Waals surface area (Å²) in [7, 11) is 0. The molecule has 0 aromatic carbocycles. The van der Waals surface area contributed by atoms with E-state index in [1.807, 2.05) is 0 Å². The van der Waals surface area contributed by atoms with E-state index in [0.717, 1.165) is 19.3 Å². The molecule has 4 atom stereocenters. The van der Waals surface area contributed by atoms with E-state index in [4.69, 9.17) is 35.7 Å². The van der Waals surface area contributed by atoms with Crippen molar-refractivity contribution < 1.29 is 40.5 Å². The predicted octanol–water partition coefficient (Wildman–Crippen LogP) is -1.93. The van der Waals surface area contributed by atoms with E-state index in [9.17, 15) is 4.79 Å². The molecule has 0 aliphatic heterocycles. The Balaban J connectivity index is 0. The quantitative estimate of drug-likeness (QED) is 0.242. The van der Waals surface area contributed by atoms with Crippen LogP contribution in [0.2, 0.25) is 0 Å². The highest BCUT2D eigenvalue weighted by Gasteiger charge is 2.29. The highest BCUT2D eigenvalue weighted by atomic mass is 16.4. The van der Waals surface area contributed by atoms with Gasteiger partial charge < -0.3 is 35.7 Å². The number of hydrogen-bond donors (Lipinski definition) is 7. The number of rotatable bonds is 9. The minimum absolute atomic E-state index is 0.327. The molecule has 0 fully saturated rings. The van der Waals surface area contributed by atoms with E-state index in [-0.39, 0.29) is 0 Å². The first kappa shape index (κ1) is 21.5. The standard InChI is InChI=1S/C6H14O6.C6H12O2/c7-1-3(9)5(11)6(12)4(10)2-8;1-2-3-4-5-6(7)8/h3-12H,1-2H2;2-5H2,1H3,(H,7,8)/t3-,4+,5-,6-;/m1./s1. The molecule has 0 aromatic rings. The lowest BCUT2D eigenvalue weighted by Gasteiger charge is -2.24. The summed E-state index contributed by atoms with van der Waals surface area (Å²) in [5.41, 5.74) is 0. The van der Waals surface area contributed by atoms with Gasteiger partial charge in [0.25, 0.3) is 0 Å². The first-order valence-corrected chi connectivity index (χ1v) is 6.47. The fourth-order valence-corrected chi connectivity index (χ4v) is 1.20. The monoisotopic (exact) mass is 298 g/mol. The molecule has 8 heteroatoms. The van der Waals surface area contributed by atoms with Crippen molar-refractivity contribution in [2.75, 3.05) is 13.2 Å². The first-order chi connectivity index (χ1) is 9.31. The van der Waals surface area contributed by atoms with Gasteiger partial charge in [-0.3, -0.25) is 4.79 Å². The highest BCUT2D eigenvalue weighted by Crippen LogP contribution is 2.04. The summed E-state index contributed by atoms with van der Waals surface area (Å²) in [6, 6.07) is 0. The fourth-order valence-electron chi connectivity index (χ4n) is 1.20. The smallest absolute Gasteiger partial charge is 0.303 e. The van der Waals surface area contributed by atoms with Crippen LogP contribution in [0, 0.1) is 0 Å². The molecule has 0 saturated carbocycles. The Kier molecular flexibility index (Phi) is 14.2. The van der Waals surface area contributed by atoms with Crippen LogP contribution < -0.4 is 0 Å². The lowest BCUT2D eigenvalue weighted by atomic mass is 10.0. The van der Waals surface area contributed by atoms with Gasteiger partial charge in [0, 0.05) is 6.42 Å². The van der Waals surface area contributed by atoms with Crippen LogP contribution in [0.25, 0.3) is 0 Å². The minimum Gasteiger partial charge on any atom is -0.481 e. The van der Waals surface area contributed by atoms with E-state index >= 15 is 0 Å². The van der Waals surface area contributed by atoms with E-state index in [2.05, 4.69) is 6.92 Å². The Labute approximate surface area is 117 Å². The van der Waals surface area contributed by atoms with Crippen LogP contribution in [0.5, 0.6) is 0 Å². The second-order valence-corrected chi connectivity index (χ2v) is 4.33. The maximum atomic E-state index is 9.87. The zero-order chi connectivity index (χ0) is 16.1. The Morgan fingerprint density at radius 1 is 0.900 bits per heavy atom. The molecule has 0 bridgehead atoms. The molecule has 8 nitrogen and oxygen atoms in total. The van der Waals surface area contributed by atoms with Crippen molar-refractivity contribution in [3.05, 3.63) is 0 Å². The van der Waals surface area contributed by atoms with E-state index in [0.29, 0.717) is 6.42 Å². The second kappa shape index (κ2) is 13.2. The Bertz CT molecular complexity index is 221. The number of aliphatic carboxylic acids is 1. The molecule has 0 aromatic heterocycles. The number of carboxylic acids is 1. The maximum Gasteiger partial charge on any atom is 0.303 e. The number of carboxylic acid groups (broad SMARTS) is 1. The van der Waals surface area contributed by atoms with Gasteiger partial charge in [0.05, 0.1) is 13.2 Å². The largest absolute Gasteiger partial charge is 0.481 e. The topological polar surface area (TPSA) is 159 Å². The van der Waals surface area contributed by atoms with Crippen molar-refractivity contribution in [3.8, 4) is 0 Å². The van der Waals surface area contributed by atoms with Crippen LogP contribution in [0.4, 0.5) is 0 Å². The molecule has 0 aliphatic rings. The lowest BCUT2D eigenvalue weighted by molar-refractivity contribution is -0.137. The van der Waals surface area contributed by atoms with Gasteiger partial charge in [-0.1, -0.05) is 19.8 Å². The summed E-state index contributed by atoms with van der Waals surface area (Å²) in [6.45, 7) is 0.606. The molecular formula is C12H26O8. The molecule has 0 amide bonds. The summed E-state index contributed by atoms with van der Waals surface area (Å²) in [6.07, 6.45) is -3.11. The van der Waals surface area contributed by atoms with Crippen LogP contribution in [0.3, 0.4) is 0 Å². The van der Waals surface area contributed by atoms with Crippen molar-refractivity contribution in [1.82, 2.24) is 0 Å². The maximum absolute atomic E-state index is 9.87.